The van der Waals surface area contributed by atoms with Crippen LogP contribution in [-0.4, -0.2) is 10.0 Å². The Bertz CT molecular complexity index is 677. The molecule has 3 rings (SSSR count). The van der Waals surface area contributed by atoms with Crippen molar-refractivity contribution in [3.63, 3.8) is 0 Å². The molecule has 21 heavy (non-hydrogen) atoms. The molecule has 1 aliphatic rings. The number of aliphatic hydroxyl groups is 1. The van der Waals surface area contributed by atoms with Crippen molar-refractivity contribution in [2.24, 2.45) is 0 Å². The topological polar surface area (TPSA) is 23.5 Å². The molecule has 3 heteroatoms. The number of allylic oxidation sites excluding steroid dienone is 1. The Morgan fingerprint density at radius 1 is 1.00 bits per heavy atom. The van der Waals surface area contributed by atoms with E-state index in [-0.39, 0.29) is 0 Å². The fraction of sp³-hybridized carbons (Fsp3) is 0.111. The molecular weight excluding hydrogens is 278 g/mol. The molecule has 0 aliphatic carbocycles. The van der Waals surface area contributed by atoms with Crippen molar-refractivity contribution in [2.75, 3.05) is 0 Å². The molecule has 0 radical (unpaired) electrons. The van der Waals surface area contributed by atoms with Crippen molar-refractivity contribution in [3.05, 3.63) is 87.9 Å². The van der Waals surface area contributed by atoms with Crippen molar-refractivity contribution in [3.8, 4) is 0 Å². The first-order chi connectivity index (χ1) is 10.3. The third-order valence-electron chi connectivity index (χ3n) is 3.45. The van der Waals surface area contributed by atoms with Crippen LogP contribution >= 0.6 is 11.8 Å². The maximum Gasteiger partial charge on any atom is 0.153 e. The van der Waals surface area contributed by atoms with Crippen LogP contribution in [0.5, 0.6) is 0 Å². The van der Waals surface area contributed by atoms with Gasteiger partial charge in [0.15, 0.2) is 5.76 Å². The third kappa shape index (κ3) is 2.98. The summed E-state index contributed by atoms with van der Waals surface area (Å²) in [5.41, 5.74) is 3.23. The number of thioether (sulfide) groups is 1. The van der Waals surface area contributed by atoms with E-state index >= 15 is 0 Å². The lowest BCUT2D eigenvalue weighted by Crippen LogP contribution is -2.16. The molecule has 0 spiro atoms. The predicted molar refractivity (Wildman–Crippen MR) is 89.3 cm³/mol. The number of hydrogen-bond donors (Lipinski definition) is 1. The van der Waals surface area contributed by atoms with Crippen LogP contribution in [0.1, 0.15) is 18.1 Å². The molecule has 2 aromatic rings. The van der Waals surface area contributed by atoms with Gasteiger partial charge in [-0.25, -0.2) is 0 Å². The van der Waals surface area contributed by atoms with E-state index in [9.17, 15) is 5.11 Å². The molecular formula is C18H17NOS. The summed E-state index contributed by atoms with van der Waals surface area (Å²) >= 11 is 1.57. The summed E-state index contributed by atoms with van der Waals surface area (Å²) in [7, 11) is 0. The molecule has 106 valence electrons. The van der Waals surface area contributed by atoms with Gasteiger partial charge in [0.2, 0.25) is 0 Å². The number of benzene rings is 2. The van der Waals surface area contributed by atoms with Gasteiger partial charge in [-0.2, -0.15) is 0 Å². The van der Waals surface area contributed by atoms with Crippen molar-refractivity contribution in [1.29, 1.82) is 0 Å². The second-order valence-corrected chi connectivity index (χ2v) is 5.83. The van der Waals surface area contributed by atoms with E-state index in [2.05, 4.69) is 29.4 Å². The Balaban J connectivity index is 1.92. The van der Waals surface area contributed by atoms with Gasteiger partial charge < -0.3 is 10.0 Å². The highest BCUT2D eigenvalue weighted by atomic mass is 32.2. The average molecular weight is 295 g/mol. The summed E-state index contributed by atoms with van der Waals surface area (Å²) in [6.45, 7) is 2.84. The van der Waals surface area contributed by atoms with Crippen LogP contribution in [0, 0.1) is 0 Å². The van der Waals surface area contributed by atoms with Crippen LogP contribution in [0.15, 0.2) is 76.8 Å². The van der Waals surface area contributed by atoms with E-state index in [1.54, 1.807) is 11.8 Å². The van der Waals surface area contributed by atoms with Crippen LogP contribution < -0.4 is 0 Å². The van der Waals surface area contributed by atoms with Crippen LogP contribution in [0.3, 0.4) is 0 Å². The summed E-state index contributed by atoms with van der Waals surface area (Å²) in [5.74, 6) is 0.338. The van der Waals surface area contributed by atoms with Crippen LogP contribution in [0.4, 0.5) is 0 Å². The van der Waals surface area contributed by atoms with Gasteiger partial charge in [-0.05, 0) is 17.9 Å². The van der Waals surface area contributed by atoms with Gasteiger partial charge in [-0.1, -0.05) is 72.4 Å². The summed E-state index contributed by atoms with van der Waals surface area (Å²) in [4.78, 5) is 2.16. The molecule has 2 nitrogen and oxygen atoms in total. The fourth-order valence-corrected chi connectivity index (χ4v) is 3.27. The number of nitrogens with zero attached hydrogens (tertiary/aromatic N) is 1. The van der Waals surface area contributed by atoms with Crippen LogP contribution in [-0.2, 0) is 6.54 Å². The quantitative estimate of drug-likeness (QED) is 0.808. The van der Waals surface area contributed by atoms with Crippen molar-refractivity contribution in [1.82, 2.24) is 4.90 Å². The maximum atomic E-state index is 10.6. The molecule has 0 saturated carbocycles. The SMILES string of the molecule is CC1=CS/C(=C(/O)c2ccccc2)N1Cc1ccccc1. The normalized spacial score (nSPS) is 16.8. The number of aliphatic hydroxyl groups excluding tert-OH is 1. The van der Waals surface area contributed by atoms with E-state index < -0.39 is 0 Å². The largest absolute Gasteiger partial charge is 0.505 e. The summed E-state index contributed by atoms with van der Waals surface area (Å²) in [6, 6.07) is 20.0. The van der Waals surface area contributed by atoms with E-state index in [0.717, 1.165) is 22.8 Å². The maximum absolute atomic E-state index is 10.6. The smallest absolute Gasteiger partial charge is 0.153 e. The minimum Gasteiger partial charge on any atom is -0.505 e. The van der Waals surface area contributed by atoms with Crippen molar-refractivity contribution < 1.29 is 5.11 Å². The van der Waals surface area contributed by atoms with Gasteiger partial charge in [-0.15, -0.1) is 0 Å². The van der Waals surface area contributed by atoms with E-state index in [1.807, 2.05) is 48.5 Å². The zero-order valence-electron chi connectivity index (χ0n) is 11.9. The first kappa shape index (κ1) is 13.8. The van der Waals surface area contributed by atoms with E-state index in [4.69, 9.17) is 0 Å². The van der Waals surface area contributed by atoms with Gasteiger partial charge in [0.25, 0.3) is 0 Å². The first-order valence-corrected chi connectivity index (χ1v) is 7.77. The Hall–Kier alpha value is -2.13. The molecule has 0 bridgehead atoms. The van der Waals surface area contributed by atoms with Crippen LogP contribution in [0.25, 0.3) is 5.76 Å². The molecule has 0 amide bonds. The molecule has 1 N–H and O–H groups in total. The average Bonchev–Trinajstić information content (AvgIpc) is 2.90. The standard InChI is InChI=1S/C18H17NOS/c1-14-13-21-18(17(20)16-10-6-3-7-11-16)19(14)12-15-8-4-2-5-9-15/h2-11,13,20H,12H2,1H3/b18-17+. The summed E-state index contributed by atoms with van der Waals surface area (Å²) in [5, 5.41) is 13.5. The molecule has 0 unspecified atom stereocenters. The van der Waals surface area contributed by atoms with Crippen LogP contribution in [0.2, 0.25) is 0 Å². The highest BCUT2D eigenvalue weighted by Crippen LogP contribution is 2.39. The zero-order valence-corrected chi connectivity index (χ0v) is 12.7. The lowest BCUT2D eigenvalue weighted by molar-refractivity contribution is 0.429. The molecule has 0 saturated heterocycles. The number of rotatable bonds is 3. The van der Waals surface area contributed by atoms with Gasteiger partial charge in [0.1, 0.15) is 5.03 Å². The van der Waals surface area contributed by atoms with Crippen molar-refractivity contribution >= 4 is 17.5 Å². The Labute approximate surface area is 129 Å². The monoisotopic (exact) mass is 295 g/mol. The van der Waals surface area contributed by atoms with Crippen molar-refractivity contribution in [2.45, 2.75) is 13.5 Å². The van der Waals surface area contributed by atoms with Gasteiger partial charge in [0, 0.05) is 17.8 Å². The van der Waals surface area contributed by atoms with Gasteiger partial charge in [0.05, 0.1) is 0 Å². The van der Waals surface area contributed by atoms with Gasteiger partial charge >= 0.3 is 0 Å². The lowest BCUT2D eigenvalue weighted by atomic mass is 10.2. The Morgan fingerprint density at radius 3 is 2.29 bits per heavy atom. The summed E-state index contributed by atoms with van der Waals surface area (Å²) in [6.07, 6.45) is 0. The zero-order chi connectivity index (χ0) is 14.7. The Kier molecular flexibility index (Phi) is 4.02. The second-order valence-electron chi connectivity index (χ2n) is 4.97. The molecule has 0 aromatic heterocycles. The number of hydrogen-bond acceptors (Lipinski definition) is 3. The van der Waals surface area contributed by atoms with E-state index in [0.29, 0.717) is 5.76 Å². The first-order valence-electron chi connectivity index (χ1n) is 6.89. The third-order valence-corrected chi connectivity index (χ3v) is 4.54. The highest BCUT2D eigenvalue weighted by Gasteiger charge is 2.23. The molecule has 0 atom stereocenters. The van der Waals surface area contributed by atoms with Gasteiger partial charge in [-0.3, -0.25) is 0 Å². The highest BCUT2D eigenvalue weighted by molar-refractivity contribution is 8.06. The minimum absolute atomic E-state index is 0.338. The molecule has 2 aromatic carbocycles. The molecule has 1 aliphatic heterocycles. The predicted octanol–water partition coefficient (Wildman–Crippen LogP) is 4.98. The van der Waals surface area contributed by atoms with E-state index in [1.165, 1.54) is 5.56 Å². The second kappa shape index (κ2) is 6.10. The molecule has 0 fully saturated rings. The Morgan fingerprint density at radius 2 is 1.62 bits per heavy atom. The summed E-state index contributed by atoms with van der Waals surface area (Å²) < 4.78 is 0. The molecule has 1 heterocycles. The lowest BCUT2D eigenvalue weighted by Gasteiger charge is -2.22. The minimum atomic E-state index is 0.338. The fourth-order valence-electron chi connectivity index (χ4n) is 2.29.